The molecule has 0 saturated heterocycles. The summed E-state index contributed by atoms with van der Waals surface area (Å²) in [4.78, 5) is 0. The highest BCUT2D eigenvalue weighted by Crippen LogP contribution is 2.15. The first-order valence-electron chi connectivity index (χ1n) is 5.18. The Morgan fingerprint density at radius 3 is 1.76 bits per heavy atom. The van der Waals surface area contributed by atoms with Crippen LogP contribution in [0.2, 0.25) is 0 Å². The fourth-order valence-corrected chi connectivity index (χ4v) is 1.70. The van der Waals surface area contributed by atoms with Crippen molar-refractivity contribution in [1.29, 1.82) is 0 Å². The molecule has 1 aromatic carbocycles. The standard InChI is InChI=1S/C11H10N6/c1-9-6-10(16-4-2-12-14-16)8-11(7-9)17-5-3-13-15-17/h2-8H,1H3. The fourth-order valence-electron chi connectivity index (χ4n) is 1.70. The van der Waals surface area contributed by atoms with Crippen molar-refractivity contribution < 1.29 is 0 Å². The second-order valence-electron chi connectivity index (χ2n) is 3.72. The van der Waals surface area contributed by atoms with Crippen molar-refractivity contribution in [2.45, 2.75) is 6.92 Å². The monoisotopic (exact) mass is 226 g/mol. The molecule has 2 heterocycles. The molecule has 0 amide bonds. The molecule has 0 radical (unpaired) electrons. The van der Waals surface area contributed by atoms with E-state index in [0.29, 0.717) is 0 Å². The Balaban J connectivity index is 2.13. The summed E-state index contributed by atoms with van der Waals surface area (Å²) >= 11 is 0. The number of nitrogens with zero attached hydrogens (tertiary/aromatic N) is 6. The van der Waals surface area contributed by atoms with Gasteiger partial charge in [0.05, 0.1) is 36.2 Å². The number of benzene rings is 1. The summed E-state index contributed by atoms with van der Waals surface area (Å²) in [5.74, 6) is 0. The van der Waals surface area contributed by atoms with Crippen molar-refractivity contribution in [3.05, 3.63) is 48.5 Å². The molecular formula is C11H10N6. The van der Waals surface area contributed by atoms with Gasteiger partial charge in [-0.15, -0.1) is 10.2 Å². The molecule has 2 aromatic heterocycles. The zero-order chi connectivity index (χ0) is 11.7. The first kappa shape index (κ1) is 9.71. The van der Waals surface area contributed by atoms with Crippen molar-refractivity contribution in [2.24, 2.45) is 0 Å². The molecule has 6 heteroatoms. The summed E-state index contributed by atoms with van der Waals surface area (Å²) in [6.45, 7) is 2.03. The SMILES string of the molecule is Cc1cc(-n2ccnn2)cc(-n2ccnn2)c1. The van der Waals surface area contributed by atoms with E-state index >= 15 is 0 Å². The number of hydrogen-bond acceptors (Lipinski definition) is 4. The minimum Gasteiger partial charge on any atom is -0.221 e. The molecule has 84 valence electrons. The second-order valence-corrected chi connectivity index (χ2v) is 3.72. The summed E-state index contributed by atoms with van der Waals surface area (Å²) in [6.07, 6.45) is 6.91. The van der Waals surface area contributed by atoms with Gasteiger partial charge in [-0.1, -0.05) is 10.4 Å². The van der Waals surface area contributed by atoms with E-state index in [2.05, 4.69) is 20.6 Å². The van der Waals surface area contributed by atoms with Crippen LogP contribution in [-0.4, -0.2) is 30.0 Å². The van der Waals surface area contributed by atoms with Gasteiger partial charge in [-0.2, -0.15) is 0 Å². The maximum Gasteiger partial charge on any atom is 0.0697 e. The Kier molecular flexibility index (Phi) is 2.18. The molecule has 0 aliphatic carbocycles. The van der Waals surface area contributed by atoms with E-state index < -0.39 is 0 Å². The first-order valence-corrected chi connectivity index (χ1v) is 5.18. The Hall–Kier alpha value is -2.50. The maximum absolute atomic E-state index is 3.97. The van der Waals surface area contributed by atoms with E-state index in [1.54, 1.807) is 34.2 Å². The quantitative estimate of drug-likeness (QED) is 0.657. The van der Waals surface area contributed by atoms with Crippen molar-refractivity contribution in [1.82, 2.24) is 30.0 Å². The Morgan fingerprint density at radius 1 is 0.824 bits per heavy atom. The van der Waals surface area contributed by atoms with E-state index in [-0.39, 0.29) is 0 Å². The molecule has 17 heavy (non-hydrogen) atoms. The van der Waals surface area contributed by atoms with Gasteiger partial charge in [0.25, 0.3) is 0 Å². The van der Waals surface area contributed by atoms with Crippen LogP contribution in [0.25, 0.3) is 11.4 Å². The lowest BCUT2D eigenvalue weighted by atomic mass is 10.2. The van der Waals surface area contributed by atoms with Crippen molar-refractivity contribution in [2.75, 3.05) is 0 Å². The smallest absolute Gasteiger partial charge is 0.0697 e. The third-order valence-electron chi connectivity index (χ3n) is 2.42. The third-order valence-corrected chi connectivity index (χ3v) is 2.42. The summed E-state index contributed by atoms with van der Waals surface area (Å²) in [5, 5.41) is 15.5. The molecule has 0 spiro atoms. The third kappa shape index (κ3) is 1.80. The molecule has 0 bridgehead atoms. The molecule has 0 aliphatic heterocycles. The summed E-state index contributed by atoms with van der Waals surface area (Å²) in [6, 6.07) is 6.06. The maximum atomic E-state index is 3.97. The van der Waals surface area contributed by atoms with Gasteiger partial charge in [0.2, 0.25) is 0 Å². The Morgan fingerprint density at radius 2 is 1.35 bits per heavy atom. The molecule has 3 aromatic rings. The normalized spacial score (nSPS) is 10.6. The van der Waals surface area contributed by atoms with Gasteiger partial charge >= 0.3 is 0 Å². The van der Waals surface area contributed by atoms with Crippen LogP contribution in [-0.2, 0) is 0 Å². The van der Waals surface area contributed by atoms with Crippen LogP contribution in [0.15, 0.2) is 43.0 Å². The molecule has 0 saturated carbocycles. The average Bonchev–Trinajstić information content (AvgIpc) is 3.02. The van der Waals surface area contributed by atoms with Crippen molar-refractivity contribution in [3.63, 3.8) is 0 Å². The highest BCUT2D eigenvalue weighted by atomic mass is 15.4. The number of aromatic nitrogens is 6. The second kappa shape index (κ2) is 3.82. The highest BCUT2D eigenvalue weighted by molar-refractivity contribution is 5.45. The van der Waals surface area contributed by atoms with Gasteiger partial charge in [0.1, 0.15) is 0 Å². The highest BCUT2D eigenvalue weighted by Gasteiger charge is 2.03. The van der Waals surface area contributed by atoms with E-state index in [1.165, 1.54) is 0 Å². The number of aryl methyl sites for hydroxylation is 1. The molecular weight excluding hydrogens is 216 g/mol. The topological polar surface area (TPSA) is 61.4 Å². The lowest BCUT2D eigenvalue weighted by molar-refractivity contribution is 0.784. The summed E-state index contributed by atoms with van der Waals surface area (Å²) in [7, 11) is 0. The van der Waals surface area contributed by atoms with Gasteiger partial charge in [-0.25, -0.2) is 9.36 Å². The van der Waals surface area contributed by atoms with Gasteiger partial charge in [0, 0.05) is 0 Å². The fraction of sp³-hybridized carbons (Fsp3) is 0.0909. The zero-order valence-electron chi connectivity index (χ0n) is 9.22. The molecule has 6 nitrogen and oxygen atoms in total. The van der Waals surface area contributed by atoms with E-state index in [1.807, 2.05) is 25.1 Å². The molecule has 0 fully saturated rings. The average molecular weight is 226 g/mol. The van der Waals surface area contributed by atoms with Gasteiger partial charge < -0.3 is 0 Å². The summed E-state index contributed by atoms with van der Waals surface area (Å²) in [5.41, 5.74) is 3.03. The predicted octanol–water partition coefficient (Wildman–Crippen LogP) is 1.16. The van der Waals surface area contributed by atoms with Crippen molar-refractivity contribution in [3.8, 4) is 11.4 Å². The van der Waals surface area contributed by atoms with Crippen LogP contribution >= 0.6 is 0 Å². The lowest BCUT2D eigenvalue weighted by Crippen LogP contribution is -2.00. The van der Waals surface area contributed by atoms with Crippen LogP contribution in [0.4, 0.5) is 0 Å². The molecule has 0 unspecified atom stereocenters. The first-order chi connectivity index (χ1) is 8.33. The van der Waals surface area contributed by atoms with Crippen LogP contribution in [0.1, 0.15) is 5.56 Å². The zero-order valence-corrected chi connectivity index (χ0v) is 9.22. The van der Waals surface area contributed by atoms with Gasteiger partial charge in [-0.3, -0.25) is 0 Å². The minimum absolute atomic E-state index is 0.952. The minimum atomic E-state index is 0.952. The van der Waals surface area contributed by atoms with E-state index in [0.717, 1.165) is 16.9 Å². The van der Waals surface area contributed by atoms with Crippen molar-refractivity contribution >= 4 is 0 Å². The van der Waals surface area contributed by atoms with Crippen LogP contribution in [0, 0.1) is 6.92 Å². The van der Waals surface area contributed by atoms with Crippen LogP contribution in [0.5, 0.6) is 0 Å². The number of hydrogen-bond donors (Lipinski definition) is 0. The van der Waals surface area contributed by atoms with Crippen LogP contribution < -0.4 is 0 Å². The van der Waals surface area contributed by atoms with E-state index in [9.17, 15) is 0 Å². The van der Waals surface area contributed by atoms with Gasteiger partial charge in [-0.05, 0) is 30.7 Å². The largest absolute Gasteiger partial charge is 0.221 e. The Labute approximate surface area is 97.5 Å². The molecule has 0 N–H and O–H groups in total. The van der Waals surface area contributed by atoms with Gasteiger partial charge in [0.15, 0.2) is 0 Å². The molecule has 0 atom stereocenters. The molecule has 3 rings (SSSR count). The summed E-state index contributed by atoms with van der Waals surface area (Å²) < 4.78 is 3.43. The lowest BCUT2D eigenvalue weighted by Gasteiger charge is -2.06. The predicted molar refractivity (Wildman–Crippen MR) is 61.0 cm³/mol. The molecule has 0 aliphatic rings. The van der Waals surface area contributed by atoms with Crippen LogP contribution in [0.3, 0.4) is 0 Å². The number of rotatable bonds is 2. The van der Waals surface area contributed by atoms with E-state index in [4.69, 9.17) is 0 Å². The Bertz CT molecular complexity index is 559.